The maximum atomic E-state index is 10.8. The lowest BCUT2D eigenvalue weighted by atomic mass is 10.0. The van der Waals surface area contributed by atoms with E-state index in [1.165, 1.54) is 0 Å². The molecule has 1 fully saturated rings. The molecule has 3 atom stereocenters. The molecule has 1 aliphatic heterocycles. The monoisotopic (exact) mass is 187 g/mol. The molecule has 2 N–H and O–H groups in total. The number of aliphatic carboxylic acids is 1. The van der Waals surface area contributed by atoms with E-state index in [0.717, 1.165) is 6.42 Å². The van der Waals surface area contributed by atoms with E-state index in [2.05, 4.69) is 19.2 Å². The topological polar surface area (TPSA) is 58.6 Å². The Labute approximate surface area is 78.3 Å². The number of nitrogens with one attached hydrogen (secondary N) is 1. The van der Waals surface area contributed by atoms with Gasteiger partial charge in [-0.3, -0.25) is 4.79 Å². The minimum atomic E-state index is -0.765. The summed E-state index contributed by atoms with van der Waals surface area (Å²) in [6, 6.07) is 0.334. The molecule has 0 aliphatic carbocycles. The van der Waals surface area contributed by atoms with Crippen molar-refractivity contribution < 1.29 is 14.6 Å². The van der Waals surface area contributed by atoms with Gasteiger partial charge in [0.05, 0.1) is 19.1 Å². The zero-order valence-electron chi connectivity index (χ0n) is 8.12. The maximum absolute atomic E-state index is 10.8. The molecule has 3 unspecified atom stereocenters. The quantitative estimate of drug-likeness (QED) is 0.672. The van der Waals surface area contributed by atoms with Gasteiger partial charge < -0.3 is 15.2 Å². The zero-order valence-corrected chi connectivity index (χ0v) is 8.12. The van der Waals surface area contributed by atoms with Crippen molar-refractivity contribution in [1.82, 2.24) is 5.32 Å². The molecule has 1 rings (SSSR count). The van der Waals surface area contributed by atoms with Crippen LogP contribution in [0.3, 0.4) is 0 Å². The Balaban J connectivity index is 2.44. The number of ether oxygens (including phenoxy) is 1. The van der Waals surface area contributed by atoms with Gasteiger partial charge in [0.1, 0.15) is 0 Å². The van der Waals surface area contributed by atoms with Gasteiger partial charge in [0.2, 0.25) is 0 Å². The minimum absolute atomic E-state index is 0.0209. The first-order valence-electron chi connectivity index (χ1n) is 4.71. The third-order valence-electron chi connectivity index (χ3n) is 2.51. The number of hydrogen-bond acceptors (Lipinski definition) is 3. The number of rotatable bonds is 4. The van der Waals surface area contributed by atoms with Gasteiger partial charge in [-0.15, -0.1) is 0 Å². The fraction of sp³-hybridized carbons (Fsp3) is 0.889. The summed E-state index contributed by atoms with van der Waals surface area (Å²) in [7, 11) is 0. The van der Waals surface area contributed by atoms with Crippen LogP contribution >= 0.6 is 0 Å². The molecule has 0 bridgehead atoms. The SMILES string of the molecule is CCC(C)NC1COCC1C(=O)O. The van der Waals surface area contributed by atoms with Crippen molar-refractivity contribution in [3.05, 3.63) is 0 Å². The Morgan fingerprint density at radius 1 is 1.69 bits per heavy atom. The van der Waals surface area contributed by atoms with Crippen molar-refractivity contribution in [2.75, 3.05) is 13.2 Å². The van der Waals surface area contributed by atoms with Gasteiger partial charge in [-0.1, -0.05) is 6.92 Å². The van der Waals surface area contributed by atoms with Gasteiger partial charge in [0, 0.05) is 12.1 Å². The molecule has 0 saturated carbocycles. The smallest absolute Gasteiger partial charge is 0.310 e. The maximum Gasteiger partial charge on any atom is 0.310 e. The van der Waals surface area contributed by atoms with Crippen LogP contribution < -0.4 is 5.32 Å². The molecule has 1 saturated heterocycles. The van der Waals surface area contributed by atoms with E-state index >= 15 is 0 Å². The highest BCUT2D eigenvalue weighted by Crippen LogP contribution is 2.14. The molecule has 0 amide bonds. The second-order valence-electron chi connectivity index (χ2n) is 3.56. The lowest BCUT2D eigenvalue weighted by Gasteiger charge is -2.19. The van der Waals surface area contributed by atoms with Crippen molar-refractivity contribution in [3.63, 3.8) is 0 Å². The van der Waals surface area contributed by atoms with E-state index in [9.17, 15) is 4.79 Å². The molecule has 1 heterocycles. The molecule has 4 nitrogen and oxygen atoms in total. The molecule has 0 aromatic heterocycles. The van der Waals surface area contributed by atoms with Crippen LogP contribution in [0.2, 0.25) is 0 Å². The van der Waals surface area contributed by atoms with Crippen LogP contribution in [0.15, 0.2) is 0 Å². The Morgan fingerprint density at radius 2 is 2.38 bits per heavy atom. The van der Waals surface area contributed by atoms with Gasteiger partial charge >= 0.3 is 5.97 Å². The van der Waals surface area contributed by atoms with Crippen LogP contribution in [-0.4, -0.2) is 36.4 Å². The van der Waals surface area contributed by atoms with Crippen LogP contribution in [0.4, 0.5) is 0 Å². The fourth-order valence-electron chi connectivity index (χ4n) is 1.45. The average Bonchev–Trinajstić information content (AvgIpc) is 2.52. The Kier molecular flexibility index (Phi) is 3.69. The van der Waals surface area contributed by atoms with Crippen LogP contribution in [-0.2, 0) is 9.53 Å². The van der Waals surface area contributed by atoms with E-state index in [-0.39, 0.29) is 12.0 Å². The molecule has 0 radical (unpaired) electrons. The Morgan fingerprint density at radius 3 is 2.92 bits per heavy atom. The van der Waals surface area contributed by atoms with Crippen LogP contribution in [0.25, 0.3) is 0 Å². The van der Waals surface area contributed by atoms with Crippen molar-refractivity contribution in [3.8, 4) is 0 Å². The second-order valence-corrected chi connectivity index (χ2v) is 3.56. The summed E-state index contributed by atoms with van der Waals surface area (Å²) in [4.78, 5) is 10.8. The van der Waals surface area contributed by atoms with Crippen molar-refractivity contribution in [1.29, 1.82) is 0 Å². The standard InChI is InChI=1S/C9H17NO3/c1-3-6(2)10-8-5-13-4-7(8)9(11)12/h6-8,10H,3-5H2,1-2H3,(H,11,12). The summed E-state index contributed by atoms with van der Waals surface area (Å²) in [5.74, 6) is -1.15. The Hall–Kier alpha value is -0.610. The van der Waals surface area contributed by atoms with Crippen LogP contribution in [0, 0.1) is 5.92 Å². The van der Waals surface area contributed by atoms with Crippen molar-refractivity contribution in [2.45, 2.75) is 32.4 Å². The van der Waals surface area contributed by atoms with Gasteiger partial charge in [-0.25, -0.2) is 0 Å². The van der Waals surface area contributed by atoms with Crippen molar-refractivity contribution >= 4 is 5.97 Å². The highest BCUT2D eigenvalue weighted by Gasteiger charge is 2.34. The molecule has 0 spiro atoms. The number of carbonyl (C=O) groups is 1. The molecular formula is C9H17NO3. The number of carboxylic acids is 1. The first kappa shape index (κ1) is 10.5. The molecule has 0 aromatic rings. The zero-order chi connectivity index (χ0) is 9.84. The number of hydrogen-bond donors (Lipinski definition) is 2. The summed E-state index contributed by atoms with van der Waals surface area (Å²) in [5, 5.41) is 12.1. The van der Waals surface area contributed by atoms with E-state index in [1.54, 1.807) is 0 Å². The minimum Gasteiger partial charge on any atom is -0.481 e. The van der Waals surface area contributed by atoms with Gasteiger partial charge in [-0.2, -0.15) is 0 Å². The lowest BCUT2D eigenvalue weighted by Crippen LogP contribution is -2.43. The molecule has 76 valence electrons. The average molecular weight is 187 g/mol. The van der Waals surface area contributed by atoms with Crippen molar-refractivity contribution in [2.24, 2.45) is 5.92 Å². The van der Waals surface area contributed by atoms with E-state index < -0.39 is 5.97 Å². The van der Waals surface area contributed by atoms with Crippen LogP contribution in [0.1, 0.15) is 20.3 Å². The molecule has 4 heteroatoms. The lowest BCUT2D eigenvalue weighted by molar-refractivity contribution is -0.142. The third kappa shape index (κ3) is 2.67. The normalized spacial score (nSPS) is 30.3. The first-order valence-corrected chi connectivity index (χ1v) is 4.71. The van der Waals surface area contributed by atoms with Gasteiger partial charge in [0.25, 0.3) is 0 Å². The van der Waals surface area contributed by atoms with E-state index in [0.29, 0.717) is 19.3 Å². The Bertz CT molecular complexity index is 184. The predicted molar refractivity (Wildman–Crippen MR) is 48.6 cm³/mol. The summed E-state index contributed by atoms with van der Waals surface area (Å²) in [6.45, 7) is 4.98. The van der Waals surface area contributed by atoms with Gasteiger partial charge in [0.15, 0.2) is 0 Å². The summed E-state index contributed by atoms with van der Waals surface area (Å²) >= 11 is 0. The van der Waals surface area contributed by atoms with E-state index in [4.69, 9.17) is 9.84 Å². The predicted octanol–water partition coefficient (Wildman–Crippen LogP) is 0.474. The summed E-state index contributed by atoms with van der Waals surface area (Å²) in [6.07, 6.45) is 1.00. The highest BCUT2D eigenvalue weighted by atomic mass is 16.5. The summed E-state index contributed by atoms with van der Waals surface area (Å²) < 4.78 is 5.13. The summed E-state index contributed by atoms with van der Waals surface area (Å²) in [5.41, 5.74) is 0. The highest BCUT2D eigenvalue weighted by molar-refractivity contribution is 5.71. The number of carboxylic acid groups (broad SMARTS) is 1. The first-order chi connectivity index (χ1) is 6.15. The van der Waals surface area contributed by atoms with E-state index in [1.807, 2.05) is 0 Å². The largest absolute Gasteiger partial charge is 0.481 e. The third-order valence-corrected chi connectivity index (χ3v) is 2.51. The fourth-order valence-corrected chi connectivity index (χ4v) is 1.45. The molecular weight excluding hydrogens is 170 g/mol. The molecule has 0 aromatic carbocycles. The molecule has 1 aliphatic rings. The molecule has 13 heavy (non-hydrogen) atoms. The second kappa shape index (κ2) is 4.58. The van der Waals surface area contributed by atoms with Crippen LogP contribution in [0.5, 0.6) is 0 Å². The van der Waals surface area contributed by atoms with Gasteiger partial charge in [-0.05, 0) is 13.3 Å².